The zero-order valence-electron chi connectivity index (χ0n) is 8.50. The van der Waals surface area contributed by atoms with Crippen molar-refractivity contribution >= 4 is 11.9 Å². The first-order chi connectivity index (χ1) is 6.57. The highest BCUT2D eigenvalue weighted by Gasteiger charge is 2.54. The second kappa shape index (κ2) is 2.97. The number of fused-ring (bicyclic) bond motifs is 1. The Hall–Kier alpha value is -1.06. The quantitative estimate of drug-likeness (QED) is 0.626. The summed E-state index contributed by atoms with van der Waals surface area (Å²) in [5, 5.41) is 2.87. The summed E-state index contributed by atoms with van der Waals surface area (Å²) >= 11 is 0. The van der Waals surface area contributed by atoms with Crippen LogP contribution < -0.4 is 5.32 Å². The zero-order chi connectivity index (χ0) is 10.3. The van der Waals surface area contributed by atoms with Crippen molar-refractivity contribution in [1.29, 1.82) is 0 Å². The Balaban J connectivity index is 2.26. The minimum Gasteiger partial charge on any atom is -0.457 e. The Morgan fingerprint density at radius 2 is 2.29 bits per heavy atom. The van der Waals surface area contributed by atoms with E-state index >= 15 is 0 Å². The highest BCUT2D eigenvalue weighted by Crippen LogP contribution is 2.38. The predicted octanol–water partition coefficient (Wildman–Crippen LogP) is 0.607. The molecule has 0 aromatic carbocycles. The monoisotopic (exact) mass is 197 g/mol. The summed E-state index contributed by atoms with van der Waals surface area (Å²) in [6.07, 6.45) is 1.82. The first-order valence-corrected chi connectivity index (χ1v) is 5.09. The SMILES string of the molecule is CCC1C(=O)OC2(C)CCC(=O)NC12. The zero-order valence-corrected chi connectivity index (χ0v) is 8.50. The number of hydrogen-bond donors (Lipinski definition) is 1. The molecule has 2 heterocycles. The molecule has 3 unspecified atom stereocenters. The van der Waals surface area contributed by atoms with Gasteiger partial charge in [0.2, 0.25) is 5.91 Å². The van der Waals surface area contributed by atoms with Crippen molar-refractivity contribution < 1.29 is 14.3 Å². The van der Waals surface area contributed by atoms with Gasteiger partial charge in [-0.15, -0.1) is 0 Å². The molecule has 0 radical (unpaired) electrons. The van der Waals surface area contributed by atoms with Crippen molar-refractivity contribution in [3.8, 4) is 0 Å². The molecule has 2 fully saturated rings. The maximum absolute atomic E-state index is 11.5. The summed E-state index contributed by atoms with van der Waals surface area (Å²) in [5.74, 6) is -0.296. The highest BCUT2D eigenvalue weighted by molar-refractivity contribution is 5.83. The molecule has 4 heteroatoms. The lowest BCUT2D eigenvalue weighted by Crippen LogP contribution is -2.55. The number of carbonyl (C=O) groups excluding carboxylic acids is 2. The summed E-state index contributed by atoms with van der Waals surface area (Å²) < 4.78 is 5.35. The highest BCUT2D eigenvalue weighted by atomic mass is 16.6. The summed E-state index contributed by atoms with van der Waals surface area (Å²) in [6, 6.07) is -0.124. The maximum atomic E-state index is 11.5. The van der Waals surface area contributed by atoms with E-state index in [2.05, 4.69) is 5.32 Å². The van der Waals surface area contributed by atoms with Crippen LogP contribution in [-0.2, 0) is 14.3 Å². The Morgan fingerprint density at radius 1 is 1.57 bits per heavy atom. The van der Waals surface area contributed by atoms with E-state index in [1.165, 1.54) is 0 Å². The number of ether oxygens (including phenoxy) is 1. The smallest absolute Gasteiger partial charge is 0.311 e. The number of hydrogen-bond acceptors (Lipinski definition) is 3. The number of carbonyl (C=O) groups is 2. The molecule has 0 aromatic rings. The van der Waals surface area contributed by atoms with Crippen LogP contribution in [0.15, 0.2) is 0 Å². The van der Waals surface area contributed by atoms with E-state index in [0.717, 1.165) is 6.42 Å². The number of esters is 1. The fraction of sp³-hybridized carbons (Fsp3) is 0.800. The largest absolute Gasteiger partial charge is 0.457 e. The Morgan fingerprint density at radius 3 is 2.93 bits per heavy atom. The summed E-state index contributed by atoms with van der Waals surface area (Å²) in [6.45, 7) is 3.85. The van der Waals surface area contributed by atoms with Crippen LogP contribution in [0.4, 0.5) is 0 Å². The van der Waals surface area contributed by atoms with Crippen LogP contribution in [-0.4, -0.2) is 23.5 Å². The van der Waals surface area contributed by atoms with E-state index < -0.39 is 5.60 Å². The van der Waals surface area contributed by atoms with Crippen molar-refractivity contribution in [1.82, 2.24) is 5.32 Å². The van der Waals surface area contributed by atoms with Crippen LogP contribution in [0.25, 0.3) is 0 Å². The first kappa shape index (κ1) is 9.49. The van der Waals surface area contributed by atoms with Crippen molar-refractivity contribution in [2.45, 2.75) is 44.8 Å². The molecular weight excluding hydrogens is 182 g/mol. The molecule has 0 aliphatic carbocycles. The van der Waals surface area contributed by atoms with Gasteiger partial charge in [0.25, 0.3) is 0 Å². The van der Waals surface area contributed by atoms with Gasteiger partial charge in [-0.25, -0.2) is 0 Å². The third kappa shape index (κ3) is 1.21. The number of nitrogens with one attached hydrogen (secondary N) is 1. The number of amides is 1. The van der Waals surface area contributed by atoms with Gasteiger partial charge in [-0.3, -0.25) is 9.59 Å². The van der Waals surface area contributed by atoms with E-state index in [1.807, 2.05) is 13.8 Å². The molecule has 2 rings (SSSR count). The predicted molar refractivity (Wildman–Crippen MR) is 49.4 cm³/mol. The van der Waals surface area contributed by atoms with Gasteiger partial charge in [0.1, 0.15) is 5.60 Å². The molecular formula is C10H15NO3. The van der Waals surface area contributed by atoms with Crippen LogP contribution in [0.3, 0.4) is 0 Å². The Labute approximate surface area is 83.0 Å². The maximum Gasteiger partial charge on any atom is 0.311 e. The molecule has 4 nitrogen and oxygen atoms in total. The van der Waals surface area contributed by atoms with Crippen LogP contribution >= 0.6 is 0 Å². The molecule has 2 aliphatic rings. The Kier molecular flexibility index (Phi) is 2.01. The van der Waals surface area contributed by atoms with Gasteiger partial charge in [0.15, 0.2) is 0 Å². The van der Waals surface area contributed by atoms with E-state index in [0.29, 0.717) is 12.8 Å². The van der Waals surface area contributed by atoms with Crippen molar-refractivity contribution in [3.05, 3.63) is 0 Å². The number of piperidine rings is 1. The second-order valence-corrected chi connectivity index (χ2v) is 4.29. The standard InChI is InChI=1S/C10H15NO3/c1-3-6-8-10(2,14-9(6)13)5-4-7(12)11-8/h6,8H,3-5H2,1-2H3,(H,11,12). The van der Waals surface area contributed by atoms with Crippen molar-refractivity contribution in [3.63, 3.8) is 0 Å². The molecule has 0 spiro atoms. The van der Waals surface area contributed by atoms with Crippen molar-refractivity contribution in [2.75, 3.05) is 0 Å². The minimum absolute atomic E-state index is 0.0317. The third-order valence-corrected chi connectivity index (χ3v) is 3.30. The molecule has 1 amide bonds. The van der Waals surface area contributed by atoms with Gasteiger partial charge in [0, 0.05) is 6.42 Å². The lowest BCUT2D eigenvalue weighted by atomic mass is 9.82. The molecule has 2 aliphatic heterocycles. The Bertz CT molecular complexity index is 289. The van der Waals surface area contributed by atoms with Gasteiger partial charge in [0.05, 0.1) is 12.0 Å². The fourth-order valence-electron chi connectivity index (χ4n) is 2.40. The number of rotatable bonds is 1. The van der Waals surface area contributed by atoms with Gasteiger partial charge >= 0.3 is 5.97 Å². The topological polar surface area (TPSA) is 55.4 Å². The van der Waals surface area contributed by atoms with E-state index in [4.69, 9.17) is 4.74 Å². The van der Waals surface area contributed by atoms with E-state index in [-0.39, 0.29) is 23.8 Å². The minimum atomic E-state index is -0.467. The molecule has 0 bridgehead atoms. The van der Waals surface area contributed by atoms with Gasteiger partial charge in [-0.1, -0.05) is 6.92 Å². The molecule has 0 saturated carbocycles. The first-order valence-electron chi connectivity index (χ1n) is 5.09. The molecule has 0 aromatic heterocycles. The van der Waals surface area contributed by atoms with Crippen LogP contribution in [0.5, 0.6) is 0 Å². The summed E-state index contributed by atoms with van der Waals surface area (Å²) in [5.41, 5.74) is -0.467. The molecule has 2 saturated heterocycles. The molecule has 78 valence electrons. The van der Waals surface area contributed by atoms with Crippen LogP contribution in [0, 0.1) is 5.92 Å². The average molecular weight is 197 g/mol. The summed E-state index contributed by atoms with van der Waals surface area (Å²) in [4.78, 5) is 22.7. The van der Waals surface area contributed by atoms with Crippen LogP contribution in [0.2, 0.25) is 0 Å². The lowest BCUT2D eigenvalue weighted by molar-refractivity contribution is -0.152. The van der Waals surface area contributed by atoms with E-state index in [9.17, 15) is 9.59 Å². The third-order valence-electron chi connectivity index (χ3n) is 3.30. The second-order valence-electron chi connectivity index (χ2n) is 4.29. The van der Waals surface area contributed by atoms with Gasteiger partial charge < -0.3 is 10.1 Å². The molecule has 1 N–H and O–H groups in total. The van der Waals surface area contributed by atoms with Crippen molar-refractivity contribution in [2.24, 2.45) is 5.92 Å². The normalized spacial score (nSPS) is 41.6. The average Bonchev–Trinajstić information content (AvgIpc) is 2.36. The lowest BCUT2D eigenvalue weighted by Gasteiger charge is -2.35. The fourth-order valence-corrected chi connectivity index (χ4v) is 2.40. The van der Waals surface area contributed by atoms with Crippen LogP contribution in [0.1, 0.15) is 33.1 Å². The molecule has 3 atom stereocenters. The summed E-state index contributed by atoms with van der Waals surface area (Å²) in [7, 11) is 0. The van der Waals surface area contributed by atoms with Gasteiger partial charge in [-0.05, 0) is 19.8 Å². The van der Waals surface area contributed by atoms with Gasteiger partial charge in [-0.2, -0.15) is 0 Å². The van der Waals surface area contributed by atoms with E-state index in [1.54, 1.807) is 0 Å². The molecule has 14 heavy (non-hydrogen) atoms.